The maximum Gasteiger partial charge on any atom is 0.231 e. The van der Waals surface area contributed by atoms with Crippen LogP contribution >= 0.6 is 27.7 Å². The summed E-state index contributed by atoms with van der Waals surface area (Å²) >= 11 is 4.59. The van der Waals surface area contributed by atoms with Gasteiger partial charge >= 0.3 is 0 Å². The molecule has 7 nitrogen and oxygen atoms in total. The third kappa shape index (κ3) is 5.12. The molecule has 156 valence electrons. The van der Waals surface area contributed by atoms with E-state index in [4.69, 9.17) is 4.42 Å². The van der Waals surface area contributed by atoms with Crippen molar-refractivity contribution in [1.82, 2.24) is 20.1 Å². The number of carbonyl (C=O) groups is 1. The number of halogens is 1. The zero-order valence-electron chi connectivity index (χ0n) is 16.9. The van der Waals surface area contributed by atoms with Crippen LogP contribution in [0, 0.1) is 17.2 Å². The van der Waals surface area contributed by atoms with E-state index in [2.05, 4.69) is 37.5 Å². The van der Waals surface area contributed by atoms with Gasteiger partial charge in [-0.15, -0.1) is 10.2 Å². The van der Waals surface area contributed by atoms with Crippen molar-refractivity contribution in [3.8, 4) is 17.7 Å². The second kappa shape index (κ2) is 9.49. The number of carbonyl (C=O) groups excluding carboxylic acids is 1. The second-order valence-electron chi connectivity index (χ2n) is 7.29. The van der Waals surface area contributed by atoms with Crippen molar-refractivity contribution < 1.29 is 9.21 Å². The zero-order chi connectivity index (χ0) is 21.7. The molecule has 0 bridgehead atoms. The molecule has 30 heavy (non-hydrogen) atoms. The first-order valence-electron chi connectivity index (χ1n) is 9.40. The molecular formula is C21H22BrN5O2S. The Morgan fingerprint density at radius 3 is 2.63 bits per heavy atom. The lowest BCUT2D eigenvalue weighted by Crippen LogP contribution is -2.49. The molecule has 3 rings (SSSR count). The number of hydrogen-bond acceptors (Lipinski definition) is 6. The molecule has 0 aliphatic heterocycles. The van der Waals surface area contributed by atoms with Gasteiger partial charge in [0, 0.05) is 0 Å². The summed E-state index contributed by atoms with van der Waals surface area (Å²) in [6.45, 7) is 6.07. The Balaban J connectivity index is 1.81. The van der Waals surface area contributed by atoms with Gasteiger partial charge in [-0.3, -0.25) is 9.36 Å². The minimum Gasteiger partial charge on any atom is -0.446 e. The summed E-state index contributed by atoms with van der Waals surface area (Å²) in [5.41, 5.74) is 0.161. The number of hydrogen-bond donors (Lipinski definition) is 1. The van der Waals surface area contributed by atoms with Crippen molar-refractivity contribution in [3.63, 3.8) is 0 Å². The van der Waals surface area contributed by atoms with Crippen LogP contribution in [-0.2, 0) is 11.3 Å². The highest BCUT2D eigenvalue weighted by atomic mass is 79.9. The van der Waals surface area contributed by atoms with Crippen molar-refractivity contribution in [2.24, 2.45) is 5.92 Å². The Kier molecular flexibility index (Phi) is 7.00. The van der Waals surface area contributed by atoms with Crippen molar-refractivity contribution in [2.45, 2.75) is 38.0 Å². The van der Waals surface area contributed by atoms with Crippen LogP contribution in [0.4, 0.5) is 0 Å². The maximum atomic E-state index is 12.5. The van der Waals surface area contributed by atoms with E-state index >= 15 is 0 Å². The molecule has 1 aromatic carbocycles. The van der Waals surface area contributed by atoms with Crippen LogP contribution in [0.15, 0.2) is 56.7 Å². The normalized spacial score (nSPS) is 13.1. The highest BCUT2D eigenvalue weighted by Gasteiger charge is 2.30. The topological polar surface area (TPSA) is 96.7 Å². The fourth-order valence-electron chi connectivity index (χ4n) is 2.68. The van der Waals surface area contributed by atoms with Gasteiger partial charge in [-0.05, 0) is 46.5 Å². The van der Waals surface area contributed by atoms with E-state index in [0.29, 0.717) is 28.0 Å². The van der Waals surface area contributed by atoms with Gasteiger partial charge in [-0.2, -0.15) is 5.26 Å². The number of thioether (sulfide) groups is 1. The molecule has 0 unspecified atom stereocenters. The molecule has 0 aliphatic rings. The number of nitrogens with zero attached hydrogens (tertiary/aromatic N) is 4. The Morgan fingerprint density at radius 2 is 2.03 bits per heavy atom. The van der Waals surface area contributed by atoms with Crippen LogP contribution in [-0.4, -0.2) is 32.0 Å². The van der Waals surface area contributed by atoms with Gasteiger partial charge in [0.2, 0.25) is 11.7 Å². The summed E-state index contributed by atoms with van der Waals surface area (Å²) in [6, 6.07) is 15.7. The number of rotatable bonds is 8. The largest absolute Gasteiger partial charge is 0.446 e. The molecule has 2 heterocycles. The van der Waals surface area contributed by atoms with E-state index in [9.17, 15) is 10.1 Å². The molecule has 3 aromatic rings. The lowest BCUT2D eigenvalue weighted by Gasteiger charge is -2.27. The van der Waals surface area contributed by atoms with Gasteiger partial charge in [-0.1, -0.05) is 55.9 Å². The average molecular weight is 488 g/mol. The molecule has 0 saturated heterocycles. The van der Waals surface area contributed by atoms with Crippen molar-refractivity contribution in [1.29, 1.82) is 5.26 Å². The Bertz CT molecular complexity index is 1060. The monoisotopic (exact) mass is 487 g/mol. The van der Waals surface area contributed by atoms with Gasteiger partial charge in [0.25, 0.3) is 0 Å². The number of benzene rings is 1. The van der Waals surface area contributed by atoms with Crippen molar-refractivity contribution >= 4 is 33.6 Å². The molecule has 0 saturated carbocycles. The molecule has 0 spiro atoms. The van der Waals surface area contributed by atoms with E-state index in [1.165, 1.54) is 11.8 Å². The third-order valence-electron chi connectivity index (χ3n) is 4.81. The SMILES string of the molecule is CC(C)[C@](C)(C#N)NC(=O)CSc1nnc(-c2ccc(Br)o2)n1Cc1ccccc1. The summed E-state index contributed by atoms with van der Waals surface area (Å²) in [5.74, 6) is 1.05. The summed E-state index contributed by atoms with van der Waals surface area (Å²) in [7, 11) is 0. The van der Waals surface area contributed by atoms with E-state index in [0.717, 1.165) is 5.56 Å². The minimum absolute atomic E-state index is 0.0119. The molecule has 9 heteroatoms. The molecule has 2 aromatic heterocycles. The minimum atomic E-state index is -0.916. The van der Waals surface area contributed by atoms with Gasteiger partial charge in [0.15, 0.2) is 15.6 Å². The van der Waals surface area contributed by atoms with Crippen LogP contribution in [0.3, 0.4) is 0 Å². The van der Waals surface area contributed by atoms with Crippen molar-refractivity contribution in [3.05, 3.63) is 52.7 Å². The first kappa shape index (κ1) is 22.1. The number of nitrogens with one attached hydrogen (secondary N) is 1. The molecule has 0 aliphatic carbocycles. The second-order valence-corrected chi connectivity index (χ2v) is 9.01. The van der Waals surface area contributed by atoms with Crippen LogP contribution < -0.4 is 5.32 Å². The maximum absolute atomic E-state index is 12.5. The molecule has 0 fully saturated rings. The smallest absolute Gasteiger partial charge is 0.231 e. The molecule has 1 N–H and O–H groups in total. The summed E-state index contributed by atoms with van der Waals surface area (Å²) < 4.78 is 8.19. The summed E-state index contributed by atoms with van der Waals surface area (Å²) in [5, 5.41) is 21.4. The Morgan fingerprint density at radius 1 is 1.30 bits per heavy atom. The third-order valence-corrected chi connectivity index (χ3v) is 6.21. The quantitative estimate of drug-likeness (QED) is 0.469. The number of furan rings is 1. The highest BCUT2D eigenvalue weighted by molar-refractivity contribution is 9.10. The average Bonchev–Trinajstić information content (AvgIpc) is 3.33. The number of nitriles is 1. The van der Waals surface area contributed by atoms with Gasteiger partial charge in [0.1, 0.15) is 5.54 Å². The summed E-state index contributed by atoms with van der Waals surface area (Å²) in [4.78, 5) is 12.5. The predicted octanol–water partition coefficient (Wildman–Crippen LogP) is 4.50. The standard InChI is InChI=1S/C21H22BrN5O2S/c1-14(2)21(3,13-23)24-18(28)12-30-20-26-25-19(16-9-10-17(22)29-16)27(20)11-15-7-5-4-6-8-15/h4-10,14H,11-12H2,1-3H3,(H,24,28)/t21-/m0/s1. The fraction of sp³-hybridized carbons (Fsp3) is 0.333. The number of amides is 1. The highest BCUT2D eigenvalue weighted by Crippen LogP contribution is 2.28. The van der Waals surface area contributed by atoms with Gasteiger partial charge in [0.05, 0.1) is 18.4 Å². The van der Waals surface area contributed by atoms with E-state index < -0.39 is 5.54 Å². The van der Waals surface area contributed by atoms with E-state index in [1.54, 1.807) is 13.0 Å². The van der Waals surface area contributed by atoms with Gasteiger partial charge in [-0.25, -0.2) is 0 Å². The van der Waals surface area contributed by atoms with Crippen molar-refractivity contribution in [2.75, 3.05) is 5.75 Å². The molecule has 0 radical (unpaired) electrons. The van der Waals surface area contributed by atoms with Crippen LogP contribution in [0.5, 0.6) is 0 Å². The fourth-order valence-corrected chi connectivity index (χ4v) is 3.72. The Hall–Kier alpha value is -2.57. The van der Waals surface area contributed by atoms with E-state index in [1.807, 2.05) is 54.8 Å². The first-order valence-corrected chi connectivity index (χ1v) is 11.2. The lowest BCUT2D eigenvalue weighted by molar-refractivity contribution is -0.120. The lowest BCUT2D eigenvalue weighted by atomic mass is 9.90. The molecule has 1 atom stereocenters. The van der Waals surface area contributed by atoms with Crippen LogP contribution in [0.1, 0.15) is 26.3 Å². The summed E-state index contributed by atoms with van der Waals surface area (Å²) in [6.07, 6.45) is 0. The van der Waals surface area contributed by atoms with Crippen LogP contribution in [0.25, 0.3) is 11.6 Å². The first-order chi connectivity index (χ1) is 14.3. The predicted molar refractivity (Wildman–Crippen MR) is 119 cm³/mol. The zero-order valence-corrected chi connectivity index (χ0v) is 19.3. The Labute approximate surface area is 188 Å². The molecule has 1 amide bonds. The van der Waals surface area contributed by atoms with Gasteiger partial charge < -0.3 is 9.73 Å². The van der Waals surface area contributed by atoms with Crippen LogP contribution in [0.2, 0.25) is 0 Å². The number of aromatic nitrogens is 3. The molecular weight excluding hydrogens is 466 g/mol. The van der Waals surface area contributed by atoms with E-state index in [-0.39, 0.29) is 17.6 Å².